The molecule has 0 fully saturated rings. The van der Waals surface area contributed by atoms with Crippen LogP contribution in [0.4, 0.5) is 18.9 Å². The second-order valence-corrected chi connectivity index (χ2v) is 8.34. The van der Waals surface area contributed by atoms with Crippen LogP contribution in [0.2, 0.25) is 0 Å². The average Bonchev–Trinajstić information content (AvgIpc) is 2.87. The summed E-state index contributed by atoms with van der Waals surface area (Å²) in [5.74, 6) is -2.99. The molecular formula is C27H24F3NO7. The standard InChI is InChI=1S/C27H24F3NO7/c1-14-19(23(34)25(37-5)24(36-4)22(14)33)12-16-6-11-21(38-15(2)32)20(13-16)26(35)31(3)18-9-7-17(8-10-18)27(28,29)30/h6-11,13H,12H2,1-5H3. The van der Waals surface area contributed by atoms with E-state index in [9.17, 15) is 32.3 Å². The van der Waals surface area contributed by atoms with E-state index in [0.29, 0.717) is 5.56 Å². The number of carbonyl (C=O) groups is 4. The molecule has 1 aliphatic carbocycles. The molecule has 200 valence electrons. The predicted octanol–water partition coefficient (Wildman–Crippen LogP) is 4.42. The highest BCUT2D eigenvalue weighted by Gasteiger charge is 2.35. The minimum absolute atomic E-state index is 0.0646. The largest absolute Gasteiger partial charge is 0.489 e. The fraction of sp³-hybridized carbons (Fsp3) is 0.259. The SMILES string of the molecule is COC1=C(OC)C(=O)C(Cc2ccc(OC(C)=O)c(C(=O)N(C)c3ccc(C(F)(F)F)cc3)c2)=C(C)C1=O. The van der Waals surface area contributed by atoms with Gasteiger partial charge in [-0.2, -0.15) is 13.2 Å². The van der Waals surface area contributed by atoms with E-state index in [0.717, 1.165) is 36.1 Å². The Balaban J connectivity index is 2.00. The summed E-state index contributed by atoms with van der Waals surface area (Å²) >= 11 is 0. The molecule has 11 heteroatoms. The Morgan fingerprint density at radius 2 is 1.50 bits per heavy atom. The second-order valence-electron chi connectivity index (χ2n) is 8.34. The third-order valence-corrected chi connectivity index (χ3v) is 5.89. The first-order valence-corrected chi connectivity index (χ1v) is 11.2. The van der Waals surface area contributed by atoms with Crippen molar-refractivity contribution in [2.24, 2.45) is 0 Å². The summed E-state index contributed by atoms with van der Waals surface area (Å²) < 4.78 is 54.1. The Morgan fingerprint density at radius 3 is 2.03 bits per heavy atom. The van der Waals surface area contributed by atoms with Crippen molar-refractivity contribution in [3.8, 4) is 5.75 Å². The van der Waals surface area contributed by atoms with Crippen molar-refractivity contribution in [2.45, 2.75) is 26.4 Å². The van der Waals surface area contributed by atoms with Crippen LogP contribution in [-0.2, 0) is 36.5 Å². The highest BCUT2D eigenvalue weighted by Crippen LogP contribution is 2.32. The molecule has 0 spiro atoms. The predicted molar refractivity (Wildman–Crippen MR) is 129 cm³/mol. The van der Waals surface area contributed by atoms with Gasteiger partial charge < -0.3 is 19.1 Å². The molecule has 8 nitrogen and oxygen atoms in total. The molecule has 0 saturated carbocycles. The van der Waals surface area contributed by atoms with E-state index >= 15 is 0 Å². The van der Waals surface area contributed by atoms with E-state index in [2.05, 4.69) is 0 Å². The molecule has 0 unspecified atom stereocenters. The number of methoxy groups -OCH3 is 2. The van der Waals surface area contributed by atoms with Crippen LogP contribution >= 0.6 is 0 Å². The van der Waals surface area contributed by atoms with Gasteiger partial charge in [-0.15, -0.1) is 0 Å². The number of ketones is 2. The van der Waals surface area contributed by atoms with Crippen molar-refractivity contribution in [3.05, 3.63) is 81.8 Å². The molecule has 2 aromatic rings. The summed E-state index contributed by atoms with van der Waals surface area (Å²) in [5, 5.41) is 0. The minimum Gasteiger partial charge on any atom is -0.489 e. The molecule has 3 rings (SSSR count). The first kappa shape index (κ1) is 28.2. The molecule has 0 heterocycles. The number of carbonyl (C=O) groups excluding carboxylic acids is 4. The summed E-state index contributed by atoms with van der Waals surface area (Å²) in [6.45, 7) is 2.62. The molecule has 0 radical (unpaired) electrons. The molecule has 0 aliphatic heterocycles. The number of benzene rings is 2. The highest BCUT2D eigenvalue weighted by molar-refractivity contribution is 6.23. The van der Waals surface area contributed by atoms with Crippen LogP contribution in [0.15, 0.2) is 65.1 Å². The maximum Gasteiger partial charge on any atom is 0.416 e. The number of halogens is 3. The van der Waals surface area contributed by atoms with Crippen LogP contribution in [0.5, 0.6) is 5.75 Å². The van der Waals surface area contributed by atoms with Gasteiger partial charge in [-0.25, -0.2) is 0 Å². The van der Waals surface area contributed by atoms with Crippen LogP contribution in [0, 0.1) is 0 Å². The number of hydrogen-bond acceptors (Lipinski definition) is 7. The lowest BCUT2D eigenvalue weighted by molar-refractivity contribution is -0.137. The number of hydrogen-bond donors (Lipinski definition) is 0. The van der Waals surface area contributed by atoms with Gasteiger partial charge in [-0.1, -0.05) is 6.07 Å². The van der Waals surface area contributed by atoms with Gasteiger partial charge in [-0.05, 0) is 48.9 Å². The van der Waals surface area contributed by atoms with Crippen molar-refractivity contribution in [3.63, 3.8) is 0 Å². The number of ether oxygens (including phenoxy) is 3. The molecule has 0 aromatic heterocycles. The lowest BCUT2D eigenvalue weighted by Gasteiger charge is -2.22. The van der Waals surface area contributed by atoms with Crippen LogP contribution < -0.4 is 9.64 Å². The Bertz CT molecular complexity index is 1370. The zero-order valence-corrected chi connectivity index (χ0v) is 21.2. The van der Waals surface area contributed by atoms with Crippen LogP contribution in [0.3, 0.4) is 0 Å². The molecule has 1 aliphatic rings. The van der Waals surface area contributed by atoms with Crippen molar-refractivity contribution in [1.82, 2.24) is 0 Å². The van der Waals surface area contributed by atoms with Gasteiger partial charge in [-0.3, -0.25) is 19.2 Å². The van der Waals surface area contributed by atoms with Gasteiger partial charge in [0.1, 0.15) is 5.75 Å². The van der Waals surface area contributed by atoms with Crippen molar-refractivity contribution in [2.75, 3.05) is 26.2 Å². The van der Waals surface area contributed by atoms with Crippen LogP contribution in [0.1, 0.15) is 35.3 Å². The second kappa shape index (κ2) is 10.9. The Kier molecular flexibility index (Phi) is 8.09. The van der Waals surface area contributed by atoms with Gasteiger partial charge in [0.25, 0.3) is 5.91 Å². The number of allylic oxidation sites excluding steroid dienone is 2. The Morgan fingerprint density at radius 1 is 0.921 bits per heavy atom. The third kappa shape index (κ3) is 5.61. The van der Waals surface area contributed by atoms with Crippen molar-refractivity contribution < 1.29 is 46.6 Å². The highest BCUT2D eigenvalue weighted by atomic mass is 19.4. The Labute approximate surface area is 216 Å². The Hall–Kier alpha value is -4.41. The van der Waals surface area contributed by atoms with Gasteiger partial charge >= 0.3 is 12.1 Å². The summed E-state index contributed by atoms with van der Waals surface area (Å²) in [4.78, 5) is 51.8. The monoisotopic (exact) mass is 531 g/mol. The molecule has 0 bridgehead atoms. The van der Waals surface area contributed by atoms with Crippen LogP contribution in [-0.4, -0.2) is 44.7 Å². The van der Waals surface area contributed by atoms with E-state index < -0.39 is 35.2 Å². The first-order valence-electron chi connectivity index (χ1n) is 11.2. The van der Waals surface area contributed by atoms with Crippen molar-refractivity contribution in [1.29, 1.82) is 0 Å². The maximum absolute atomic E-state index is 13.4. The molecule has 1 amide bonds. The number of alkyl halides is 3. The third-order valence-electron chi connectivity index (χ3n) is 5.89. The van der Waals surface area contributed by atoms with Gasteiger partial charge in [0, 0.05) is 37.2 Å². The van der Waals surface area contributed by atoms with Gasteiger partial charge in [0.2, 0.25) is 23.1 Å². The summed E-state index contributed by atoms with van der Waals surface area (Å²) in [5.41, 5.74) is -0.0874. The number of nitrogens with zero attached hydrogens (tertiary/aromatic N) is 1. The van der Waals surface area contributed by atoms with E-state index in [1.54, 1.807) is 0 Å². The quantitative estimate of drug-likeness (QED) is 0.296. The number of anilines is 1. The van der Waals surface area contributed by atoms with E-state index in [-0.39, 0.29) is 46.1 Å². The fourth-order valence-corrected chi connectivity index (χ4v) is 3.88. The molecule has 0 N–H and O–H groups in total. The number of esters is 1. The number of amides is 1. The molecule has 38 heavy (non-hydrogen) atoms. The molecule has 0 atom stereocenters. The molecule has 0 saturated heterocycles. The van der Waals surface area contributed by atoms with Crippen LogP contribution in [0.25, 0.3) is 0 Å². The topological polar surface area (TPSA) is 99.2 Å². The zero-order chi connectivity index (χ0) is 28.4. The molecular weight excluding hydrogens is 507 g/mol. The lowest BCUT2D eigenvalue weighted by atomic mass is 9.88. The average molecular weight is 531 g/mol. The number of Topliss-reactive ketones (excluding diaryl/α,β-unsaturated/α-hetero) is 2. The summed E-state index contributed by atoms with van der Waals surface area (Å²) in [6.07, 6.45) is -4.60. The first-order chi connectivity index (χ1) is 17.8. The lowest BCUT2D eigenvalue weighted by Crippen LogP contribution is -2.28. The summed E-state index contributed by atoms with van der Waals surface area (Å²) in [6, 6.07) is 8.25. The smallest absolute Gasteiger partial charge is 0.416 e. The molecule has 2 aromatic carbocycles. The van der Waals surface area contributed by atoms with Gasteiger partial charge in [0.05, 0.1) is 25.3 Å². The minimum atomic E-state index is -4.54. The normalized spacial score (nSPS) is 14.0. The fourth-order valence-electron chi connectivity index (χ4n) is 3.88. The van der Waals surface area contributed by atoms with Gasteiger partial charge in [0.15, 0.2) is 0 Å². The maximum atomic E-state index is 13.4. The van der Waals surface area contributed by atoms with E-state index in [4.69, 9.17) is 14.2 Å². The summed E-state index contributed by atoms with van der Waals surface area (Å²) in [7, 11) is 3.84. The van der Waals surface area contributed by atoms with Crippen molar-refractivity contribution >= 4 is 29.1 Å². The number of rotatable bonds is 7. The van der Waals surface area contributed by atoms with E-state index in [1.165, 1.54) is 46.4 Å². The zero-order valence-electron chi connectivity index (χ0n) is 21.2. The van der Waals surface area contributed by atoms with E-state index in [1.807, 2.05) is 0 Å².